The Hall–Kier alpha value is -2.63. The maximum Gasteiger partial charge on any atom is 0.252 e. The molecule has 0 saturated carbocycles. The lowest BCUT2D eigenvalue weighted by atomic mass is 10.2. The van der Waals surface area contributed by atoms with Gasteiger partial charge in [-0.2, -0.15) is 10.1 Å². The molecule has 0 aliphatic rings. The van der Waals surface area contributed by atoms with Crippen LogP contribution in [0.25, 0.3) is 17.3 Å². The number of hydrogen-bond acceptors (Lipinski definition) is 5. The average molecular weight is 227 g/mol. The molecule has 6 nitrogen and oxygen atoms in total. The lowest BCUT2D eigenvalue weighted by Gasteiger charge is -2.04. The molecule has 0 amide bonds. The van der Waals surface area contributed by atoms with Crippen molar-refractivity contribution in [3.63, 3.8) is 0 Å². The standard InChI is InChI=1S/C11H9N5O/c12-10-8(9-3-1-6-17-9)7-13-11(15-10)16-5-2-4-14-16/h1-7H,(H2,12,13,15). The molecule has 0 aliphatic carbocycles. The van der Waals surface area contributed by atoms with Gasteiger partial charge in [0, 0.05) is 18.6 Å². The molecule has 0 atom stereocenters. The molecule has 0 spiro atoms. The van der Waals surface area contributed by atoms with E-state index in [0.717, 1.165) is 0 Å². The first kappa shape index (κ1) is 9.59. The predicted octanol–water partition coefficient (Wildman–Crippen LogP) is 1.50. The molecule has 84 valence electrons. The van der Waals surface area contributed by atoms with Gasteiger partial charge in [0.15, 0.2) is 0 Å². The Labute approximate surface area is 96.7 Å². The van der Waals surface area contributed by atoms with Crippen LogP contribution in [0.2, 0.25) is 0 Å². The molecule has 3 rings (SSSR count). The van der Waals surface area contributed by atoms with Gasteiger partial charge in [-0.3, -0.25) is 0 Å². The second-order valence-electron chi connectivity index (χ2n) is 3.40. The molecule has 6 heteroatoms. The van der Waals surface area contributed by atoms with Crippen molar-refractivity contribution in [2.24, 2.45) is 0 Å². The number of rotatable bonds is 2. The topological polar surface area (TPSA) is 82.8 Å². The Morgan fingerprint density at radius 3 is 2.88 bits per heavy atom. The van der Waals surface area contributed by atoms with Crippen LogP contribution in [0, 0.1) is 0 Å². The highest BCUT2D eigenvalue weighted by Crippen LogP contribution is 2.24. The van der Waals surface area contributed by atoms with Crippen LogP contribution in [0.15, 0.2) is 47.5 Å². The number of hydrogen-bond donors (Lipinski definition) is 1. The number of aromatic nitrogens is 4. The Morgan fingerprint density at radius 1 is 1.29 bits per heavy atom. The van der Waals surface area contributed by atoms with Gasteiger partial charge in [-0.25, -0.2) is 9.67 Å². The van der Waals surface area contributed by atoms with Gasteiger partial charge in [0.05, 0.1) is 11.8 Å². The molecule has 0 aliphatic heterocycles. The third-order valence-electron chi connectivity index (χ3n) is 2.30. The van der Waals surface area contributed by atoms with Crippen LogP contribution in [-0.2, 0) is 0 Å². The van der Waals surface area contributed by atoms with E-state index in [-0.39, 0.29) is 0 Å². The molecule has 0 unspecified atom stereocenters. The summed E-state index contributed by atoms with van der Waals surface area (Å²) in [5.41, 5.74) is 6.54. The molecular formula is C11H9N5O. The van der Waals surface area contributed by atoms with Crippen LogP contribution >= 0.6 is 0 Å². The van der Waals surface area contributed by atoms with Gasteiger partial charge in [0.1, 0.15) is 11.6 Å². The lowest BCUT2D eigenvalue weighted by Crippen LogP contribution is -2.05. The second-order valence-corrected chi connectivity index (χ2v) is 3.40. The number of nitrogen functional groups attached to an aromatic ring is 1. The SMILES string of the molecule is Nc1nc(-n2cccn2)ncc1-c1ccco1. The maximum absolute atomic E-state index is 5.87. The normalized spacial score (nSPS) is 10.6. The summed E-state index contributed by atoms with van der Waals surface area (Å²) in [7, 11) is 0. The van der Waals surface area contributed by atoms with Crippen LogP contribution in [-0.4, -0.2) is 19.7 Å². The third kappa shape index (κ3) is 1.65. The van der Waals surface area contributed by atoms with Crippen molar-refractivity contribution < 1.29 is 4.42 Å². The number of nitrogens with two attached hydrogens (primary N) is 1. The number of anilines is 1. The zero-order valence-electron chi connectivity index (χ0n) is 8.82. The van der Waals surface area contributed by atoms with Crippen LogP contribution in [0.3, 0.4) is 0 Å². The maximum atomic E-state index is 5.87. The van der Waals surface area contributed by atoms with Gasteiger partial charge in [0.25, 0.3) is 5.95 Å². The largest absolute Gasteiger partial charge is 0.464 e. The van der Waals surface area contributed by atoms with E-state index >= 15 is 0 Å². The van der Waals surface area contributed by atoms with Crippen molar-refractivity contribution in [1.29, 1.82) is 0 Å². The zero-order valence-corrected chi connectivity index (χ0v) is 8.82. The molecule has 0 radical (unpaired) electrons. The Balaban J connectivity index is 2.06. The summed E-state index contributed by atoms with van der Waals surface area (Å²) in [6.45, 7) is 0. The van der Waals surface area contributed by atoms with Crippen LogP contribution in [0.5, 0.6) is 0 Å². The molecule has 0 fully saturated rings. The van der Waals surface area contributed by atoms with E-state index in [9.17, 15) is 0 Å². The van der Waals surface area contributed by atoms with E-state index in [1.165, 1.54) is 0 Å². The van der Waals surface area contributed by atoms with E-state index in [1.807, 2.05) is 6.07 Å². The van der Waals surface area contributed by atoms with Crippen molar-refractivity contribution in [3.05, 3.63) is 43.1 Å². The van der Waals surface area contributed by atoms with E-state index in [0.29, 0.717) is 23.1 Å². The first-order valence-electron chi connectivity index (χ1n) is 5.01. The van der Waals surface area contributed by atoms with E-state index in [2.05, 4.69) is 15.1 Å². The highest BCUT2D eigenvalue weighted by atomic mass is 16.3. The smallest absolute Gasteiger partial charge is 0.252 e. The Morgan fingerprint density at radius 2 is 2.24 bits per heavy atom. The van der Waals surface area contributed by atoms with Crippen molar-refractivity contribution in [2.75, 3.05) is 5.73 Å². The quantitative estimate of drug-likeness (QED) is 0.717. The van der Waals surface area contributed by atoms with Crippen LogP contribution in [0.4, 0.5) is 5.82 Å². The van der Waals surface area contributed by atoms with Crippen LogP contribution < -0.4 is 5.73 Å². The second kappa shape index (κ2) is 3.75. The first-order chi connectivity index (χ1) is 8.34. The summed E-state index contributed by atoms with van der Waals surface area (Å²) in [6.07, 6.45) is 6.61. The number of nitrogens with zero attached hydrogens (tertiary/aromatic N) is 4. The van der Waals surface area contributed by atoms with E-state index < -0.39 is 0 Å². The molecule has 3 aromatic heterocycles. The summed E-state index contributed by atoms with van der Waals surface area (Å²) in [5, 5.41) is 4.03. The van der Waals surface area contributed by atoms with Crippen molar-refractivity contribution >= 4 is 5.82 Å². The summed E-state index contributed by atoms with van der Waals surface area (Å²) in [6, 6.07) is 5.39. The van der Waals surface area contributed by atoms with E-state index in [4.69, 9.17) is 10.2 Å². The van der Waals surface area contributed by atoms with E-state index in [1.54, 1.807) is 41.7 Å². The third-order valence-corrected chi connectivity index (χ3v) is 2.30. The summed E-state index contributed by atoms with van der Waals surface area (Å²) in [5.74, 6) is 1.44. The van der Waals surface area contributed by atoms with Crippen molar-refractivity contribution in [1.82, 2.24) is 19.7 Å². The first-order valence-corrected chi connectivity index (χ1v) is 5.01. The van der Waals surface area contributed by atoms with Gasteiger partial charge >= 0.3 is 0 Å². The zero-order chi connectivity index (χ0) is 11.7. The molecule has 0 bridgehead atoms. The van der Waals surface area contributed by atoms with Gasteiger partial charge in [0.2, 0.25) is 0 Å². The monoisotopic (exact) mass is 227 g/mol. The molecule has 0 saturated heterocycles. The molecule has 0 aromatic carbocycles. The fraction of sp³-hybridized carbons (Fsp3) is 0. The molecule has 3 aromatic rings. The summed E-state index contributed by atoms with van der Waals surface area (Å²) >= 11 is 0. The Bertz CT molecular complexity index is 615. The fourth-order valence-electron chi connectivity index (χ4n) is 1.50. The molecule has 17 heavy (non-hydrogen) atoms. The predicted molar refractivity (Wildman–Crippen MR) is 61.3 cm³/mol. The minimum Gasteiger partial charge on any atom is -0.464 e. The van der Waals surface area contributed by atoms with Gasteiger partial charge in [-0.05, 0) is 18.2 Å². The summed E-state index contributed by atoms with van der Waals surface area (Å²) in [4.78, 5) is 8.37. The Kier molecular flexibility index (Phi) is 2.11. The van der Waals surface area contributed by atoms with Gasteiger partial charge in [-0.1, -0.05) is 0 Å². The van der Waals surface area contributed by atoms with Gasteiger partial charge < -0.3 is 10.2 Å². The lowest BCUT2D eigenvalue weighted by molar-refractivity contribution is 0.582. The highest BCUT2D eigenvalue weighted by molar-refractivity contribution is 5.68. The summed E-state index contributed by atoms with van der Waals surface area (Å²) < 4.78 is 6.79. The number of furan rings is 1. The van der Waals surface area contributed by atoms with Crippen molar-refractivity contribution in [3.8, 4) is 17.3 Å². The average Bonchev–Trinajstić information content (AvgIpc) is 3.02. The van der Waals surface area contributed by atoms with Crippen LogP contribution in [0.1, 0.15) is 0 Å². The van der Waals surface area contributed by atoms with Crippen molar-refractivity contribution in [2.45, 2.75) is 0 Å². The minimum absolute atomic E-state index is 0.362. The molecule has 2 N–H and O–H groups in total. The fourth-order valence-corrected chi connectivity index (χ4v) is 1.50. The minimum atomic E-state index is 0.362. The highest BCUT2D eigenvalue weighted by Gasteiger charge is 2.09. The molecular weight excluding hydrogens is 218 g/mol. The van der Waals surface area contributed by atoms with Gasteiger partial charge in [-0.15, -0.1) is 0 Å². The molecule has 3 heterocycles.